The minimum Gasteiger partial charge on any atom is -0.410 e. The molecule has 0 unspecified atom stereocenters. The average molecular weight is 493 g/mol. The fourth-order valence-corrected chi connectivity index (χ4v) is 4.45. The summed E-state index contributed by atoms with van der Waals surface area (Å²) < 4.78 is 18.8. The first-order valence-electron chi connectivity index (χ1n) is 11.6. The molecule has 0 atom stereocenters. The van der Waals surface area contributed by atoms with Crippen LogP contribution in [0.4, 0.5) is 9.18 Å². The molecule has 36 heavy (non-hydrogen) atoms. The largest absolute Gasteiger partial charge is 0.412 e. The van der Waals surface area contributed by atoms with E-state index in [4.69, 9.17) is 4.74 Å². The van der Waals surface area contributed by atoms with Gasteiger partial charge in [-0.2, -0.15) is 0 Å². The van der Waals surface area contributed by atoms with Crippen molar-refractivity contribution in [1.82, 2.24) is 20.1 Å². The number of nitrogens with one attached hydrogen (secondary N) is 2. The quantitative estimate of drug-likeness (QED) is 0.509. The third-order valence-corrected chi connectivity index (χ3v) is 6.11. The molecule has 0 fully saturated rings. The fraction of sp³-hybridized carbons (Fsp3) is 0.296. The van der Waals surface area contributed by atoms with Crippen LogP contribution in [0.2, 0.25) is 0 Å². The Kier molecular flexibility index (Phi) is 6.94. The number of hydrogen-bond acceptors (Lipinski definition) is 5. The zero-order valence-corrected chi connectivity index (χ0v) is 20.7. The van der Waals surface area contributed by atoms with Gasteiger partial charge in [0, 0.05) is 53.8 Å². The van der Waals surface area contributed by atoms with Crippen LogP contribution in [0.1, 0.15) is 35.5 Å². The normalized spacial score (nSPS) is 14.7. The Morgan fingerprint density at radius 1 is 1.19 bits per heavy atom. The monoisotopic (exact) mass is 492 g/mol. The number of aromatic nitrogens is 1. The van der Waals surface area contributed by atoms with E-state index in [0.29, 0.717) is 54.0 Å². The topological polar surface area (TPSA) is 94.7 Å². The summed E-state index contributed by atoms with van der Waals surface area (Å²) in [5.41, 5.74) is 2.29. The number of carbonyl (C=O) groups excluding carboxylic acids is 3. The van der Waals surface area contributed by atoms with Gasteiger partial charge >= 0.3 is 6.09 Å². The number of likely N-dealkylation sites (N-methyl/N-ethyl adjacent to an activating group) is 1. The molecule has 2 aromatic carbocycles. The average Bonchev–Trinajstić information content (AvgIpc) is 3.16. The SMILES string of the molecule is CN(C)CCNC(=O)Oc1ccc2c3c([nH]c2c1)C(C=O)=CN(C(=O)c1ccc(F)cc1)CC3(C)C. The molecular formula is C27H29FN4O4. The number of halogens is 1. The number of hydrogen-bond donors (Lipinski definition) is 2. The van der Waals surface area contributed by atoms with E-state index in [1.807, 2.05) is 38.9 Å². The lowest BCUT2D eigenvalue weighted by Crippen LogP contribution is -2.36. The summed E-state index contributed by atoms with van der Waals surface area (Å²) in [5.74, 6) is -0.389. The molecule has 1 aliphatic rings. The number of benzene rings is 2. The van der Waals surface area contributed by atoms with Gasteiger partial charge in [-0.25, -0.2) is 9.18 Å². The Balaban J connectivity index is 1.66. The molecule has 0 aliphatic carbocycles. The zero-order valence-electron chi connectivity index (χ0n) is 20.7. The first-order valence-corrected chi connectivity index (χ1v) is 11.6. The molecule has 188 valence electrons. The Morgan fingerprint density at radius 3 is 2.58 bits per heavy atom. The number of aromatic amines is 1. The van der Waals surface area contributed by atoms with Gasteiger partial charge in [0.25, 0.3) is 5.91 Å². The van der Waals surface area contributed by atoms with Crippen LogP contribution in [0.5, 0.6) is 5.75 Å². The summed E-state index contributed by atoms with van der Waals surface area (Å²) in [5, 5.41) is 3.56. The molecule has 3 aromatic rings. The Labute approximate surface area is 208 Å². The molecule has 4 rings (SSSR count). The van der Waals surface area contributed by atoms with Crippen LogP contribution in [0.3, 0.4) is 0 Å². The molecule has 2 N–H and O–H groups in total. The van der Waals surface area contributed by atoms with E-state index in [9.17, 15) is 18.8 Å². The van der Waals surface area contributed by atoms with Crippen molar-refractivity contribution in [3.63, 3.8) is 0 Å². The Bertz CT molecular complexity index is 1340. The van der Waals surface area contributed by atoms with Crippen LogP contribution < -0.4 is 10.1 Å². The second-order valence-corrected chi connectivity index (χ2v) is 9.73. The lowest BCUT2D eigenvalue weighted by atomic mass is 9.82. The smallest absolute Gasteiger partial charge is 0.410 e. The first kappa shape index (κ1) is 25.1. The summed E-state index contributed by atoms with van der Waals surface area (Å²) in [6.07, 6.45) is 1.68. The number of aldehydes is 1. The minimum absolute atomic E-state index is 0.299. The number of amides is 2. The highest BCUT2D eigenvalue weighted by atomic mass is 19.1. The van der Waals surface area contributed by atoms with E-state index in [1.165, 1.54) is 35.4 Å². The van der Waals surface area contributed by atoms with E-state index in [1.54, 1.807) is 12.1 Å². The van der Waals surface area contributed by atoms with E-state index in [-0.39, 0.29) is 5.91 Å². The van der Waals surface area contributed by atoms with Crippen molar-refractivity contribution in [3.8, 4) is 5.75 Å². The first-order chi connectivity index (χ1) is 17.1. The molecule has 2 heterocycles. The van der Waals surface area contributed by atoms with Gasteiger partial charge in [-0.3, -0.25) is 9.59 Å². The zero-order chi connectivity index (χ0) is 26.0. The molecule has 1 aromatic heterocycles. The van der Waals surface area contributed by atoms with Crippen LogP contribution in [0.25, 0.3) is 16.5 Å². The van der Waals surface area contributed by atoms with E-state index in [0.717, 1.165) is 10.9 Å². The van der Waals surface area contributed by atoms with Crippen molar-refractivity contribution < 1.29 is 23.5 Å². The van der Waals surface area contributed by atoms with Crippen molar-refractivity contribution in [2.24, 2.45) is 0 Å². The highest BCUT2D eigenvalue weighted by Crippen LogP contribution is 2.40. The summed E-state index contributed by atoms with van der Waals surface area (Å²) in [7, 11) is 3.83. The van der Waals surface area contributed by atoms with Gasteiger partial charge in [0.15, 0.2) is 6.29 Å². The number of fused-ring (bicyclic) bond motifs is 3. The standard InChI is InChI=1S/C27H29FN4O4/c1-27(2)16-32(25(34)17-5-7-19(28)8-6-17)14-18(15-33)24-23(27)21-10-9-20(13-22(21)30-24)36-26(35)29-11-12-31(3)4/h5-10,13-15,30H,11-12,16H2,1-4H3,(H,29,35). The van der Waals surface area contributed by atoms with E-state index in [2.05, 4.69) is 10.3 Å². The van der Waals surface area contributed by atoms with E-state index >= 15 is 0 Å². The molecular weight excluding hydrogens is 463 g/mol. The molecule has 0 saturated heterocycles. The van der Waals surface area contributed by atoms with Gasteiger partial charge in [-0.05, 0) is 56.1 Å². The summed E-state index contributed by atoms with van der Waals surface area (Å²) >= 11 is 0. The second-order valence-electron chi connectivity index (χ2n) is 9.73. The number of H-pyrrole nitrogens is 1. The molecule has 8 nitrogen and oxygen atoms in total. The molecule has 9 heteroatoms. The van der Waals surface area contributed by atoms with Crippen LogP contribution in [-0.2, 0) is 10.2 Å². The number of ether oxygens (including phenoxy) is 1. The van der Waals surface area contributed by atoms with Gasteiger partial charge in [0.05, 0.1) is 11.3 Å². The Hall–Kier alpha value is -3.98. The fourth-order valence-electron chi connectivity index (χ4n) is 4.45. The predicted octanol–water partition coefficient (Wildman–Crippen LogP) is 3.93. The van der Waals surface area contributed by atoms with Gasteiger partial charge < -0.3 is 24.8 Å². The molecule has 1 aliphatic heterocycles. The van der Waals surface area contributed by atoms with Crippen LogP contribution >= 0.6 is 0 Å². The summed E-state index contributed by atoms with van der Waals surface area (Å²) in [6.45, 7) is 5.43. The van der Waals surface area contributed by atoms with Gasteiger partial charge in [-0.15, -0.1) is 0 Å². The van der Waals surface area contributed by atoms with Crippen molar-refractivity contribution in [2.45, 2.75) is 19.3 Å². The maximum Gasteiger partial charge on any atom is 0.412 e. The van der Waals surface area contributed by atoms with Crippen molar-refractivity contribution in [2.75, 3.05) is 33.7 Å². The molecule has 0 saturated carbocycles. The Morgan fingerprint density at radius 2 is 1.92 bits per heavy atom. The minimum atomic E-state index is -0.548. The summed E-state index contributed by atoms with van der Waals surface area (Å²) in [6, 6.07) is 10.6. The van der Waals surface area contributed by atoms with Crippen LogP contribution in [0, 0.1) is 5.82 Å². The number of allylic oxidation sites excluding steroid dienone is 1. The van der Waals surface area contributed by atoms with Crippen molar-refractivity contribution in [3.05, 3.63) is 71.3 Å². The van der Waals surface area contributed by atoms with Crippen molar-refractivity contribution in [1.29, 1.82) is 0 Å². The molecule has 0 spiro atoms. The van der Waals surface area contributed by atoms with Crippen molar-refractivity contribution >= 4 is 34.8 Å². The highest BCUT2D eigenvalue weighted by Gasteiger charge is 2.35. The number of carbonyl (C=O) groups is 3. The molecule has 0 bridgehead atoms. The van der Waals surface area contributed by atoms with Crippen LogP contribution in [-0.4, -0.2) is 66.8 Å². The van der Waals surface area contributed by atoms with Gasteiger partial charge in [0.2, 0.25) is 0 Å². The lowest BCUT2D eigenvalue weighted by Gasteiger charge is -2.29. The molecule has 0 radical (unpaired) electrons. The number of nitrogens with zero attached hydrogens (tertiary/aromatic N) is 2. The van der Waals surface area contributed by atoms with Gasteiger partial charge in [0.1, 0.15) is 11.6 Å². The van der Waals surface area contributed by atoms with E-state index < -0.39 is 17.3 Å². The lowest BCUT2D eigenvalue weighted by molar-refractivity contribution is -0.103. The predicted molar refractivity (Wildman–Crippen MR) is 135 cm³/mol. The third-order valence-electron chi connectivity index (χ3n) is 6.11. The second kappa shape index (κ2) is 9.94. The molecule has 2 amide bonds. The summed E-state index contributed by atoms with van der Waals surface area (Å²) in [4.78, 5) is 44.2. The highest BCUT2D eigenvalue weighted by molar-refractivity contribution is 6.11. The van der Waals surface area contributed by atoms with Crippen LogP contribution in [0.15, 0.2) is 48.7 Å². The number of rotatable bonds is 6. The maximum atomic E-state index is 13.3. The maximum absolute atomic E-state index is 13.3. The third kappa shape index (κ3) is 5.16. The van der Waals surface area contributed by atoms with Gasteiger partial charge in [-0.1, -0.05) is 13.8 Å².